The largest absolute Gasteiger partial charge is 0.494 e. The van der Waals surface area contributed by atoms with Crippen LogP contribution in [0.15, 0.2) is 35.4 Å². The minimum absolute atomic E-state index is 0.0315. The Bertz CT molecular complexity index is 708. The number of hydrogen-bond acceptors (Lipinski definition) is 4. The molecular formula is C18H23N3O2S. The maximum absolute atomic E-state index is 13.1. The van der Waals surface area contributed by atoms with Crippen molar-refractivity contribution in [2.24, 2.45) is 13.0 Å². The number of aryl methyl sites for hydroxylation is 1. The molecule has 1 aromatic heterocycles. The highest BCUT2D eigenvalue weighted by Crippen LogP contribution is 2.33. The molecule has 1 aromatic carbocycles. The molecule has 1 heterocycles. The molecule has 2 aromatic rings. The fourth-order valence-corrected chi connectivity index (χ4v) is 3.22. The number of rotatable bonds is 7. The molecule has 0 unspecified atom stereocenters. The van der Waals surface area contributed by atoms with Crippen LogP contribution in [0.2, 0.25) is 0 Å². The smallest absolute Gasteiger partial charge is 0.279 e. The molecule has 1 saturated carbocycles. The van der Waals surface area contributed by atoms with Gasteiger partial charge in [0.2, 0.25) is 0 Å². The van der Waals surface area contributed by atoms with E-state index in [4.69, 9.17) is 4.74 Å². The predicted octanol–water partition coefficient (Wildman–Crippen LogP) is 3.60. The summed E-state index contributed by atoms with van der Waals surface area (Å²) in [6.07, 6.45) is 6.25. The molecule has 0 aliphatic heterocycles. The molecule has 1 amide bonds. The molecule has 0 radical (unpaired) electrons. The van der Waals surface area contributed by atoms with Gasteiger partial charge in [0, 0.05) is 25.5 Å². The molecule has 128 valence electrons. The molecule has 1 aliphatic carbocycles. The molecule has 0 bridgehead atoms. The number of anilines is 1. The summed E-state index contributed by atoms with van der Waals surface area (Å²) in [7, 11) is 1.85. The molecule has 0 N–H and O–H groups in total. The minimum Gasteiger partial charge on any atom is -0.494 e. The number of carbonyl (C=O) groups is 1. The van der Waals surface area contributed by atoms with Crippen LogP contribution in [0.4, 0.5) is 5.69 Å². The molecule has 3 rings (SSSR count). The van der Waals surface area contributed by atoms with Crippen LogP contribution >= 0.6 is 11.8 Å². The van der Waals surface area contributed by atoms with Crippen LogP contribution in [0, 0.1) is 5.92 Å². The van der Waals surface area contributed by atoms with Gasteiger partial charge in [-0.1, -0.05) is 0 Å². The summed E-state index contributed by atoms with van der Waals surface area (Å²) in [5.41, 5.74) is 1.42. The van der Waals surface area contributed by atoms with Crippen molar-refractivity contribution in [3.05, 3.63) is 36.2 Å². The molecule has 5 nitrogen and oxygen atoms in total. The van der Waals surface area contributed by atoms with E-state index in [0.29, 0.717) is 18.2 Å². The highest BCUT2D eigenvalue weighted by Gasteiger charge is 2.30. The fourth-order valence-electron chi connectivity index (χ4n) is 2.65. The summed E-state index contributed by atoms with van der Waals surface area (Å²) < 4.78 is 7.20. The molecule has 0 spiro atoms. The van der Waals surface area contributed by atoms with Crippen molar-refractivity contribution in [3.63, 3.8) is 0 Å². The summed E-state index contributed by atoms with van der Waals surface area (Å²) in [6.45, 7) is 3.34. The Morgan fingerprint density at radius 3 is 2.67 bits per heavy atom. The van der Waals surface area contributed by atoms with E-state index in [-0.39, 0.29) is 5.91 Å². The van der Waals surface area contributed by atoms with Crippen LogP contribution in [0.5, 0.6) is 5.75 Å². The average Bonchev–Trinajstić information content (AvgIpc) is 3.33. The maximum Gasteiger partial charge on any atom is 0.279 e. The Labute approximate surface area is 147 Å². The lowest BCUT2D eigenvalue weighted by Gasteiger charge is -2.22. The van der Waals surface area contributed by atoms with Crippen LogP contribution in [-0.2, 0) is 7.05 Å². The van der Waals surface area contributed by atoms with E-state index in [2.05, 4.69) is 5.10 Å². The summed E-state index contributed by atoms with van der Waals surface area (Å²) in [6, 6.07) is 7.74. The fraction of sp³-hybridized carbons (Fsp3) is 0.444. The Morgan fingerprint density at radius 1 is 1.38 bits per heavy atom. The lowest BCUT2D eigenvalue weighted by Crippen LogP contribution is -2.33. The minimum atomic E-state index is -0.0315. The highest BCUT2D eigenvalue weighted by atomic mass is 32.2. The van der Waals surface area contributed by atoms with Crippen LogP contribution in [0.1, 0.15) is 30.3 Å². The third kappa shape index (κ3) is 3.75. The molecule has 0 atom stereocenters. The van der Waals surface area contributed by atoms with Gasteiger partial charge >= 0.3 is 0 Å². The third-order valence-electron chi connectivity index (χ3n) is 4.06. The van der Waals surface area contributed by atoms with E-state index in [9.17, 15) is 4.79 Å². The van der Waals surface area contributed by atoms with Crippen molar-refractivity contribution in [2.45, 2.75) is 24.7 Å². The van der Waals surface area contributed by atoms with E-state index in [1.54, 1.807) is 16.4 Å². The van der Waals surface area contributed by atoms with Crippen molar-refractivity contribution in [1.82, 2.24) is 9.78 Å². The van der Waals surface area contributed by atoms with Crippen LogP contribution in [-0.4, -0.2) is 35.1 Å². The number of benzene rings is 1. The first-order valence-corrected chi connectivity index (χ1v) is 9.47. The normalized spacial score (nSPS) is 13.8. The Hall–Kier alpha value is -1.95. The van der Waals surface area contributed by atoms with E-state index in [1.807, 2.05) is 55.6 Å². The van der Waals surface area contributed by atoms with Gasteiger partial charge in [-0.2, -0.15) is 5.10 Å². The standard InChI is InChI=1S/C18H23N3O2S/c1-4-23-15-9-7-14(8-10-15)21(11-13-5-6-13)18(22)17-16(24-3)12-20(2)19-17/h7-10,12-13H,4-6,11H2,1-3H3. The molecule has 0 saturated heterocycles. The van der Waals surface area contributed by atoms with Gasteiger partial charge in [0.25, 0.3) is 5.91 Å². The quantitative estimate of drug-likeness (QED) is 0.720. The second-order valence-corrected chi connectivity index (χ2v) is 6.85. The van der Waals surface area contributed by atoms with Crippen molar-refractivity contribution in [1.29, 1.82) is 0 Å². The number of aromatic nitrogens is 2. The van der Waals surface area contributed by atoms with Gasteiger partial charge in [-0.05, 0) is 56.2 Å². The Morgan fingerprint density at radius 2 is 2.08 bits per heavy atom. The van der Waals surface area contributed by atoms with Crippen molar-refractivity contribution < 1.29 is 9.53 Å². The first-order chi connectivity index (χ1) is 11.6. The van der Waals surface area contributed by atoms with E-state index >= 15 is 0 Å². The van der Waals surface area contributed by atoms with Crippen LogP contribution in [0.3, 0.4) is 0 Å². The molecule has 1 fully saturated rings. The SMILES string of the molecule is CCOc1ccc(N(CC2CC2)C(=O)c2nn(C)cc2SC)cc1. The summed E-state index contributed by atoms with van der Waals surface area (Å²) in [4.78, 5) is 15.9. The van der Waals surface area contributed by atoms with Gasteiger partial charge < -0.3 is 9.64 Å². The molecule has 24 heavy (non-hydrogen) atoms. The second kappa shape index (κ2) is 7.30. The molecule has 6 heteroatoms. The van der Waals surface area contributed by atoms with Crippen molar-refractivity contribution in [2.75, 3.05) is 24.3 Å². The van der Waals surface area contributed by atoms with E-state index in [0.717, 1.165) is 22.9 Å². The first kappa shape index (κ1) is 16.9. The number of carbonyl (C=O) groups excluding carboxylic acids is 1. The Kier molecular flexibility index (Phi) is 5.14. The van der Waals surface area contributed by atoms with Gasteiger partial charge in [0.05, 0.1) is 11.5 Å². The van der Waals surface area contributed by atoms with E-state index < -0.39 is 0 Å². The second-order valence-electron chi connectivity index (χ2n) is 6.01. The summed E-state index contributed by atoms with van der Waals surface area (Å²) in [5.74, 6) is 1.39. The maximum atomic E-state index is 13.1. The Balaban J connectivity index is 1.88. The van der Waals surface area contributed by atoms with Gasteiger partial charge in [-0.3, -0.25) is 9.48 Å². The number of thioether (sulfide) groups is 1. The lowest BCUT2D eigenvalue weighted by atomic mass is 10.2. The van der Waals surface area contributed by atoms with Gasteiger partial charge in [-0.15, -0.1) is 11.8 Å². The zero-order chi connectivity index (χ0) is 17.1. The first-order valence-electron chi connectivity index (χ1n) is 8.24. The average molecular weight is 345 g/mol. The lowest BCUT2D eigenvalue weighted by molar-refractivity contribution is 0.0977. The van der Waals surface area contributed by atoms with Crippen molar-refractivity contribution in [3.8, 4) is 5.75 Å². The molecule has 1 aliphatic rings. The predicted molar refractivity (Wildman–Crippen MR) is 97.0 cm³/mol. The van der Waals surface area contributed by atoms with E-state index in [1.165, 1.54) is 12.8 Å². The number of hydrogen-bond donors (Lipinski definition) is 0. The number of nitrogens with zero attached hydrogens (tertiary/aromatic N) is 3. The number of amides is 1. The number of ether oxygens (including phenoxy) is 1. The summed E-state index contributed by atoms with van der Waals surface area (Å²) >= 11 is 1.55. The zero-order valence-electron chi connectivity index (χ0n) is 14.4. The van der Waals surface area contributed by atoms with Gasteiger partial charge in [0.15, 0.2) is 5.69 Å². The highest BCUT2D eigenvalue weighted by molar-refractivity contribution is 7.98. The van der Waals surface area contributed by atoms with Crippen molar-refractivity contribution >= 4 is 23.4 Å². The summed E-state index contributed by atoms with van der Waals surface area (Å²) in [5, 5.41) is 4.38. The third-order valence-corrected chi connectivity index (χ3v) is 4.80. The van der Waals surface area contributed by atoms with Gasteiger partial charge in [0.1, 0.15) is 5.75 Å². The zero-order valence-corrected chi connectivity index (χ0v) is 15.2. The van der Waals surface area contributed by atoms with Gasteiger partial charge in [-0.25, -0.2) is 0 Å². The van der Waals surface area contributed by atoms with Crippen LogP contribution < -0.4 is 9.64 Å². The topological polar surface area (TPSA) is 47.4 Å². The monoisotopic (exact) mass is 345 g/mol. The van der Waals surface area contributed by atoms with Crippen LogP contribution in [0.25, 0.3) is 0 Å². The molecular weight excluding hydrogens is 322 g/mol.